The van der Waals surface area contributed by atoms with E-state index >= 15 is 0 Å². The van der Waals surface area contributed by atoms with Crippen LogP contribution in [0.3, 0.4) is 0 Å². The summed E-state index contributed by atoms with van der Waals surface area (Å²) in [6.07, 6.45) is 0. The molecular weight excluding hydrogens is 298 g/mol. The number of ether oxygens (including phenoxy) is 1. The molecule has 1 aromatic rings. The average Bonchev–Trinajstić information content (AvgIpc) is 2.69. The summed E-state index contributed by atoms with van der Waals surface area (Å²) < 4.78 is 5.86. The number of rotatable bonds is 4. The van der Waals surface area contributed by atoms with Crippen molar-refractivity contribution < 1.29 is 14.3 Å². The second-order valence-corrected chi connectivity index (χ2v) is 7.55. The summed E-state index contributed by atoms with van der Waals surface area (Å²) in [5, 5.41) is 2.71. The highest BCUT2D eigenvalue weighted by Crippen LogP contribution is 2.22. The number of nitrogens with one attached hydrogen (secondary N) is 1. The van der Waals surface area contributed by atoms with E-state index in [1.54, 1.807) is 32.9 Å². The number of carbonyl (C=O) groups excluding carboxylic acids is 2. The van der Waals surface area contributed by atoms with Crippen molar-refractivity contribution in [3.63, 3.8) is 0 Å². The maximum absolute atomic E-state index is 12.1. The smallest absolute Gasteiger partial charge is 0.329 e. The Labute approximate surface area is 128 Å². The van der Waals surface area contributed by atoms with Crippen molar-refractivity contribution in [1.29, 1.82) is 0 Å². The van der Waals surface area contributed by atoms with E-state index in [0.29, 0.717) is 9.21 Å². The van der Waals surface area contributed by atoms with E-state index in [1.165, 1.54) is 11.3 Å². The standard InChI is InChI=1S/C14H20ClNO3S/c1-8(2)11(13(18)19-14(3,4)5)16-12(17)9-6-7-10(15)20-9/h6-8,11H,1-5H3,(H,16,17)/t11-/m0/s1. The molecule has 0 bridgehead atoms. The summed E-state index contributed by atoms with van der Waals surface area (Å²) in [7, 11) is 0. The van der Waals surface area contributed by atoms with Crippen LogP contribution in [0.2, 0.25) is 4.34 Å². The Balaban J connectivity index is 2.77. The van der Waals surface area contributed by atoms with Crippen molar-refractivity contribution in [3.8, 4) is 0 Å². The lowest BCUT2D eigenvalue weighted by Gasteiger charge is -2.26. The predicted molar refractivity (Wildman–Crippen MR) is 81.3 cm³/mol. The second-order valence-electron chi connectivity index (χ2n) is 5.83. The van der Waals surface area contributed by atoms with Crippen LogP contribution >= 0.6 is 22.9 Å². The highest BCUT2D eigenvalue weighted by molar-refractivity contribution is 7.18. The molecule has 1 amide bonds. The molecule has 1 N–H and O–H groups in total. The molecule has 0 spiro atoms. The van der Waals surface area contributed by atoms with Crippen LogP contribution in [0.25, 0.3) is 0 Å². The van der Waals surface area contributed by atoms with E-state index in [9.17, 15) is 9.59 Å². The number of carbonyl (C=O) groups is 2. The Bertz CT molecular complexity index is 491. The minimum atomic E-state index is -0.678. The van der Waals surface area contributed by atoms with Gasteiger partial charge in [0.25, 0.3) is 5.91 Å². The fourth-order valence-corrected chi connectivity index (χ4v) is 2.46. The topological polar surface area (TPSA) is 55.4 Å². The number of hydrogen-bond donors (Lipinski definition) is 1. The molecule has 1 rings (SSSR count). The number of halogens is 1. The lowest BCUT2D eigenvalue weighted by Crippen LogP contribution is -2.47. The molecule has 0 radical (unpaired) electrons. The summed E-state index contributed by atoms with van der Waals surface area (Å²) in [5.74, 6) is -0.806. The van der Waals surface area contributed by atoms with Gasteiger partial charge in [0.1, 0.15) is 11.6 Å². The molecule has 0 aromatic carbocycles. The summed E-state index contributed by atoms with van der Waals surface area (Å²) in [4.78, 5) is 24.7. The van der Waals surface area contributed by atoms with Crippen LogP contribution in [0.5, 0.6) is 0 Å². The molecular formula is C14H20ClNO3S. The van der Waals surface area contributed by atoms with Crippen molar-refractivity contribution in [3.05, 3.63) is 21.3 Å². The zero-order chi connectivity index (χ0) is 15.5. The zero-order valence-corrected chi connectivity index (χ0v) is 13.9. The third-order valence-corrected chi connectivity index (χ3v) is 3.64. The van der Waals surface area contributed by atoms with Crippen LogP contribution in [0.15, 0.2) is 12.1 Å². The van der Waals surface area contributed by atoms with Gasteiger partial charge < -0.3 is 10.1 Å². The first kappa shape index (κ1) is 17.0. The molecule has 1 atom stereocenters. The molecule has 0 saturated heterocycles. The van der Waals surface area contributed by atoms with Gasteiger partial charge in [0.2, 0.25) is 0 Å². The second kappa shape index (κ2) is 6.59. The molecule has 20 heavy (non-hydrogen) atoms. The SMILES string of the molecule is CC(C)[C@H](NC(=O)c1ccc(Cl)s1)C(=O)OC(C)(C)C. The number of thiophene rings is 1. The third kappa shape index (κ3) is 5.13. The van der Waals surface area contributed by atoms with Gasteiger partial charge in [-0.15, -0.1) is 11.3 Å². The lowest BCUT2D eigenvalue weighted by atomic mass is 10.0. The molecule has 112 valence electrons. The predicted octanol–water partition coefficient (Wildman–Crippen LogP) is 3.50. The Morgan fingerprint density at radius 2 is 1.90 bits per heavy atom. The summed E-state index contributed by atoms with van der Waals surface area (Å²) in [6.45, 7) is 9.10. The number of hydrogen-bond acceptors (Lipinski definition) is 4. The largest absolute Gasteiger partial charge is 0.458 e. The maximum Gasteiger partial charge on any atom is 0.329 e. The average molecular weight is 318 g/mol. The molecule has 4 nitrogen and oxygen atoms in total. The molecule has 0 aliphatic rings. The van der Waals surface area contributed by atoms with Gasteiger partial charge >= 0.3 is 5.97 Å². The molecule has 0 aliphatic carbocycles. The highest BCUT2D eigenvalue weighted by Gasteiger charge is 2.29. The molecule has 6 heteroatoms. The monoisotopic (exact) mass is 317 g/mol. The first-order valence-electron chi connectivity index (χ1n) is 6.39. The number of amides is 1. The highest BCUT2D eigenvalue weighted by atomic mass is 35.5. The van der Waals surface area contributed by atoms with Crippen LogP contribution < -0.4 is 5.32 Å². The van der Waals surface area contributed by atoms with Gasteiger partial charge in [-0.3, -0.25) is 4.79 Å². The Hall–Kier alpha value is -1.07. The van der Waals surface area contributed by atoms with Gasteiger partial charge in [0.05, 0.1) is 9.21 Å². The van der Waals surface area contributed by atoms with Crippen molar-refractivity contribution in [2.24, 2.45) is 5.92 Å². The van der Waals surface area contributed by atoms with Crippen LogP contribution in [0.1, 0.15) is 44.3 Å². The zero-order valence-electron chi connectivity index (χ0n) is 12.3. The van der Waals surface area contributed by atoms with Crippen LogP contribution in [0.4, 0.5) is 0 Å². The van der Waals surface area contributed by atoms with Crippen molar-refractivity contribution >= 4 is 34.8 Å². The van der Waals surface area contributed by atoms with E-state index in [0.717, 1.165) is 0 Å². The van der Waals surface area contributed by atoms with Gasteiger partial charge in [-0.05, 0) is 38.8 Å². The van der Waals surface area contributed by atoms with Gasteiger partial charge in [0, 0.05) is 0 Å². The Kier molecular flexibility index (Phi) is 5.59. The summed E-state index contributed by atoms with van der Waals surface area (Å²) >= 11 is 6.98. The quantitative estimate of drug-likeness (QED) is 0.865. The van der Waals surface area contributed by atoms with Crippen molar-refractivity contribution in [2.45, 2.75) is 46.3 Å². The molecule has 0 aliphatic heterocycles. The minimum Gasteiger partial charge on any atom is -0.458 e. The maximum atomic E-state index is 12.1. The number of esters is 1. The van der Waals surface area contributed by atoms with Gasteiger partial charge in [-0.2, -0.15) is 0 Å². The van der Waals surface area contributed by atoms with Crippen molar-refractivity contribution in [2.75, 3.05) is 0 Å². The lowest BCUT2D eigenvalue weighted by molar-refractivity contribution is -0.158. The first-order chi connectivity index (χ1) is 9.10. The third-order valence-electron chi connectivity index (χ3n) is 2.41. The van der Waals surface area contributed by atoms with Crippen LogP contribution in [-0.2, 0) is 9.53 Å². The normalized spacial score (nSPS) is 13.2. The van der Waals surface area contributed by atoms with Crippen LogP contribution in [0, 0.1) is 5.92 Å². The van der Waals surface area contributed by atoms with E-state index < -0.39 is 17.6 Å². The summed E-state index contributed by atoms with van der Waals surface area (Å²) in [6, 6.07) is 2.61. The molecule has 1 aromatic heterocycles. The van der Waals surface area contributed by atoms with Gasteiger partial charge in [-0.25, -0.2) is 4.79 Å². The molecule has 0 saturated carbocycles. The van der Waals surface area contributed by atoms with Gasteiger partial charge in [0.15, 0.2) is 0 Å². The Morgan fingerprint density at radius 1 is 1.30 bits per heavy atom. The van der Waals surface area contributed by atoms with E-state index in [1.807, 2.05) is 13.8 Å². The Morgan fingerprint density at radius 3 is 2.30 bits per heavy atom. The fraction of sp³-hybridized carbons (Fsp3) is 0.571. The fourth-order valence-electron chi connectivity index (χ4n) is 1.51. The van der Waals surface area contributed by atoms with Crippen LogP contribution in [-0.4, -0.2) is 23.5 Å². The van der Waals surface area contributed by atoms with E-state index in [-0.39, 0.29) is 11.8 Å². The minimum absolute atomic E-state index is 0.0655. The molecule has 0 fully saturated rings. The first-order valence-corrected chi connectivity index (χ1v) is 7.58. The molecule has 0 unspecified atom stereocenters. The van der Waals surface area contributed by atoms with Crippen molar-refractivity contribution in [1.82, 2.24) is 5.32 Å². The molecule has 1 heterocycles. The van der Waals surface area contributed by atoms with E-state index in [2.05, 4.69) is 5.32 Å². The van der Waals surface area contributed by atoms with E-state index in [4.69, 9.17) is 16.3 Å². The van der Waals surface area contributed by atoms with Gasteiger partial charge in [-0.1, -0.05) is 25.4 Å². The summed E-state index contributed by atoms with van der Waals surface area (Å²) in [5.41, 5.74) is -0.582.